The van der Waals surface area contributed by atoms with Gasteiger partial charge in [-0.3, -0.25) is 0 Å². The third kappa shape index (κ3) is 2.30. The quantitative estimate of drug-likeness (QED) is 0.335. The molecule has 0 aromatic rings. The molecule has 3 fully saturated rings. The zero-order valence-corrected chi connectivity index (χ0v) is 12.9. The number of carbonyl (C=O) groups is 1. The predicted octanol–water partition coefficient (Wildman–Crippen LogP) is 1.26. The molecule has 122 valence electrons. The van der Waals surface area contributed by atoms with E-state index in [0.717, 1.165) is 0 Å². The van der Waals surface area contributed by atoms with Crippen LogP contribution in [0, 0.1) is 0 Å². The second-order valence-corrected chi connectivity index (χ2v) is 6.54. The van der Waals surface area contributed by atoms with E-state index in [1.807, 2.05) is 0 Å². The summed E-state index contributed by atoms with van der Waals surface area (Å²) in [5, 5.41) is 3.70. The number of hydrogen-bond acceptors (Lipinski definition) is 7. The first-order valence-electron chi connectivity index (χ1n) is 7.08. The van der Waals surface area contributed by atoms with E-state index in [2.05, 4.69) is 10.0 Å². The lowest BCUT2D eigenvalue weighted by molar-refractivity contribution is -0.227. The van der Waals surface area contributed by atoms with Crippen LogP contribution in [0.4, 0.5) is 0 Å². The van der Waals surface area contributed by atoms with E-state index in [-0.39, 0.29) is 6.61 Å². The third-order valence-electron chi connectivity index (χ3n) is 4.02. The maximum absolute atomic E-state index is 11.8. The fourth-order valence-corrected chi connectivity index (χ4v) is 3.16. The van der Waals surface area contributed by atoms with Gasteiger partial charge in [-0.2, -0.15) is 0 Å². The Balaban J connectivity index is 1.94. The highest BCUT2D eigenvalue weighted by Crippen LogP contribution is 2.47. The van der Waals surface area contributed by atoms with E-state index >= 15 is 0 Å². The number of fused-ring (bicyclic) bond motifs is 1. The van der Waals surface area contributed by atoms with Crippen LogP contribution in [0.15, 0.2) is 5.11 Å². The van der Waals surface area contributed by atoms with Gasteiger partial charge < -0.3 is 28.5 Å². The van der Waals surface area contributed by atoms with E-state index in [0.29, 0.717) is 6.29 Å². The van der Waals surface area contributed by atoms with Crippen molar-refractivity contribution in [3.63, 3.8) is 0 Å². The number of carbonyl (C=O) groups excluding carboxylic acids is 1. The van der Waals surface area contributed by atoms with Crippen molar-refractivity contribution < 1.29 is 28.5 Å². The topological polar surface area (TPSA) is 112 Å². The molecule has 5 atom stereocenters. The molecular formula is C13H19N3O6. The molecule has 0 radical (unpaired) electrons. The molecule has 22 heavy (non-hydrogen) atoms. The second-order valence-electron chi connectivity index (χ2n) is 6.54. The standard InChI is InChI=1S/C13H19N3O6/c1-11(2)18-5-7(20-11)8-13(6-17,15-16-14)9-10(19-8)22-12(3,4)21-9/h6-10H,5H2,1-4H3/t7-,8-,9+,10-,13-/m1/s1. The molecule has 3 rings (SSSR count). The molecule has 0 bridgehead atoms. The van der Waals surface area contributed by atoms with E-state index in [1.54, 1.807) is 27.7 Å². The summed E-state index contributed by atoms with van der Waals surface area (Å²) in [4.78, 5) is 14.6. The van der Waals surface area contributed by atoms with Crippen molar-refractivity contribution in [2.75, 3.05) is 6.61 Å². The molecule has 3 aliphatic heterocycles. The van der Waals surface area contributed by atoms with Gasteiger partial charge in [0.25, 0.3) is 0 Å². The smallest absolute Gasteiger partial charge is 0.188 e. The summed E-state index contributed by atoms with van der Waals surface area (Å²) in [6.07, 6.45) is -2.47. The monoisotopic (exact) mass is 313 g/mol. The summed E-state index contributed by atoms with van der Waals surface area (Å²) in [6, 6.07) is 0. The van der Waals surface area contributed by atoms with Gasteiger partial charge in [-0.05, 0) is 33.2 Å². The van der Waals surface area contributed by atoms with Crippen molar-refractivity contribution in [1.82, 2.24) is 0 Å². The molecule has 0 spiro atoms. The third-order valence-corrected chi connectivity index (χ3v) is 4.02. The molecule has 9 heteroatoms. The lowest BCUT2D eigenvalue weighted by atomic mass is 9.88. The Morgan fingerprint density at radius 2 is 1.86 bits per heavy atom. The largest absolute Gasteiger partial charge is 0.348 e. The van der Waals surface area contributed by atoms with Crippen molar-refractivity contribution >= 4 is 6.29 Å². The summed E-state index contributed by atoms with van der Waals surface area (Å²) in [6.45, 7) is 7.14. The molecule has 9 nitrogen and oxygen atoms in total. The Morgan fingerprint density at radius 1 is 1.14 bits per heavy atom. The SMILES string of the molecule is CC1(C)OC[C@H]([C@H]2O[C@@H]3OC(C)(C)O[C@@H]3[C@]2(C=O)N=[N+]=[N-])O1. The van der Waals surface area contributed by atoms with Gasteiger partial charge in [-0.25, -0.2) is 0 Å². The highest BCUT2D eigenvalue weighted by atomic mass is 16.8. The van der Waals surface area contributed by atoms with Crippen molar-refractivity contribution in [2.24, 2.45) is 5.11 Å². The molecular weight excluding hydrogens is 294 g/mol. The van der Waals surface area contributed by atoms with Crippen LogP contribution in [0.1, 0.15) is 27.7 Å². The van der Waals surface area contributed by atoms with Gasteiger partial charge >= 0.3 is 0 Å². The average Bonchev–Trinajstić information content (AvgIpc) is 3.00. The fraction of sp³-hybridized carbons (Fsp3) is 0.923. The lowest BCUT2D eigenvalue weighted by Crippen LogP contribution is -2.53. The van der Waals surface area contributed by atoms with Crippen molar-refractivity contribution in [2.45, 2.75) is 69.4 Å². The molecule has 0 aromatic heterocycles. The van der Waals surface area contributed by atoms with Gasteiger partial charge in [0.2, 0.25) is 0 Å². The van der Waals surface area contributed by atoms with Crippen LogP contribution in [0.5, 0.6) is 0 Å². The number of hydrogen-bond donors (Lipinski definition) is 0. The van der Waals surface area contributed by atoms with Crippen LogP contribution in [-0.2, 0) is 28.5 Å². The molecule has 3 aliphatic rings. The lowest BCUT2D eigenvalue weighted by Gasteiger charge is -2.32. The van der Waals surface area contributed by atoms with Gasteiger partial charge in [0.05, 0.1) is 6.61 Å². The van der Waals surface area contributed by atoms with Gasteiger partial charge in [0.1, 0.15) is 24.6 Å². The van der Waals surface area contributed by atoms with Gasteiger partial charge in [0, 0.05) is 4.91 Å². The first kappa shape index (κ1) is 15.7. The average molecular weight is 313 g/mol. The maximum Gasteiger partial charge on any atom is 0.188 e. The summed E-state index contributed by atoms with van der Waals surface area (Å²) in [5.74, 6) is -1.72. The van der Waals surface area contributed by atoms with Crippen molar-refractivity contribution in [1.29, 1.82) is 0 Å². The van der Waals surface area contributed by atoms with Gasteiger partial charge in [-0.15, -0.1) is 0 Å². The molecule has 3 saturated heterocycles. The number of aldehydes is 1. The number of nitrogens with zero attached hydrogens (tertiary/aromatic N) is 3. The van der Waals surface area contributed by atoms with Crippen LogP contribution in [0.3, 0.4) is 0 Å². The van der Waals surface area contributed by atoms with Crippen LogP contribution in [0.2, 0.25) is 0 Å². The highest BCUT2D eigenvalue weighted by Gasteiger charge is 2.66. The normalized spacial score (nSPS) is 45.3. The Bertz CT molecular complexity index is 532. The van der Waals surface area contributed by atoms with E-state index in [1.165, 1.54) is 0 Å². The van der Waals surface area contributed by atoms with Gasteiger partial charge in [-0.1, -0.05) is 5.11 Å². The number of ether oxygens (including phenoxy) is 5. The van der Waals surface area contributed by atoms with Crippen LogP contribution in [-0.4, -0.2) is 54.6 Å². The minimum absolute atomic E-state index is 0.219. The van der Waals surface area contributed by atoms with Crippen molar-refractivity contribution in [3.05, 3.63) is 10.4 Å². The molecule has 0 unspecified atom stereocenters. The summed E-state index contributed by atoms with van der Waals surface area (Å²) < 4.78 is 28.4. The summed E-state index contributed by atoms with van der Waals surface area (Å²) >= 11 is 0. The fourth-order valence-electron chi connectivity index (χ4n) is 3.16. The van der Waals surface area contributed by atoms with Crippen LogP contribution >= 0.6 is 0 Å². The molecule has 0 amide bonds. The first-order chi connectivity index (χ1) is 10.2. The molecule has 0 saturated carbocycles. The Hall–Kier alpha value is -1.22. The second kappa shape index (κ2) is 4.89. The number of azide groups is 1. The summed E-state index contributed by atoms with van der Waals surface area (Å²) in [5.41, 5.74) is 7.36. The predicted molar refractivity (Wildman–Crippen MR) is 71.5 cm³/mol. The molecule has 0 N–H and O–H groups in total. The first-order valence-corrected chi connectivity index (χ1v) is 7.08. The van der Waals surface area contributed by atoms with E-state index in [9.17, 15) is 4.79 Å². The highest BCUT2D eigenvalue weighted by molar-refractivity contribution is 5.68. The Kier molecular flexibility index (Phi) is 3.48. The Morgan fingerprint density at radius 3 is 2.41 bits per heavy atom. The van der Waals surface area contributed by atoms with E-state index < -0.39 is 41.7 Å². The zero-order valence-electron chi connectivity index (χ0n) is 12.9. The van der Waals surface area contributed by atoms with Crippen LogP contribution in [0.25, 0.3) is 10.4 Å². The zero-order chi connectivity index (χ0) is 16.2. The minimum Gasteiger partial charge on any atom is -0.348 e. The van der Waals surface area contributed by atoms with Gasteiger partial charge in [0.15, 0.2) is 23.4 Å². The van der Waals surface area contributed by atoms with E-state index in [4.69, 9.17) is 29.2 Å². The Labute approximate surface area is 127 Å². The van der Waals surface area contributed by atoms with Crippen LogP contribution < -0.4 is 0 Å². The molecule has 0 aliphatic carbocycles. The minimum atomic E-state index is -1.55. The maximum atomic E-state index is 11.8. The van der Waals surface area contributed by atoms with Crippen molar-refractivity contribution in [3.8, 4) is 0 Å². The number of rotatable bonds is 3. The molecule has 0 aromatic carbocycles. The summed E-state index contributed by atoms with van der Waals surface area (Å²) in [7, 11) is 0. The molecule has 3 heterocycles.